The fraction of sp³-hybridized carbons (Fsp3) is 0.308. The molecule has 2 aliphatic rings. The number of hydrogen-bond donors (Lipinski definition) is 1. The van der Waals surface area contributed by atoms with Gasteiger partial charge in [-0.2, -0.15) is 23.4 Å². The van der Waals surface area contributed by atoms with Crippen LogP contribution in [0.3, 0.4) is 0 Å². The minimum absolute atomic E-state index is 0.0327. The van der Waals surface area contributed by atoms with Crippen LogP contribution in [0.15, 0.2) is 46.3 Å². The standard InChI is InChI=1S/C26H23F3N4O4S/c1-36-21-13-16(5-8-20(21)37-19-7-6-17(15-30)12-18(19)26(27,28)29)14-22-24(35)32-25(38-22)31-9-3-11-33-10-2-4-23(33)34/h5-8,12-14H,2-4,9-11H2,1H3,(H,31,32,35). The van der Waals surface area contributed by atoms with E-state index >= 15 is 0 Å². The highest BCUT2D eigenvalue weighted by Gasteiger charge is 2.35. The largest absolute Gasteiger partial charge is 0.493 e. The third-order valence-corrected chi connectivity index (χ3v) is 6.73. The van der Waals surface area contributed by atoms with Gasteiger partial charge in [0.15, 0.2) is 16.7 Å². The number of aliphatic imine (C=N–C) groups is 1. The maximum Gasteiger partial charge on any atom is 0.420 e. The zero-order valence-electron chi connectivity index (χ0n) is 20.3. The van der Waals surface area contributed by atoms with E-state index in [-0.39, 0.29) is 23.0 Å². The molecule has 4 rings (SSSR count). The Morgan fingerprint density at radius 3 is 2.66 bits per heavy atom. The molecule has 8 nitrogen and oxygen atoms in total. The van der Waals surface area contributed by atoms with Crippen molar-refractivity contribution >= 4 is 34.8 Å². The highest BCUT2D eigenvalue weighted by Crippen LogP contribution is 2.41. The molecule has 2 heterocycles. The summed E-state index contributed by atoms with van der Waals surface area (Å²) in [5, 5.41) is 12.5. The summed E-state index contributed by atoms with van der Waals surface area (Å²) in [5.41, 5.74) is -0.665. The number of amidine groups is 1. The molecule has 0 atom stereocenters. The van der Waals surface area contributed by atoms with E-state index in [9.17, 15) is 22.8 Å². The first-order valence-electron chi connectivity index (χ1n) is 11.7. The first-order chi connectivity index (χ1) is 18.2. The Labute approximate surface area is 221 Å². The predicted molar refractivity (Wildman–Crippen MR) is 136 cm³/mol. The number of thioether (sulfide) groups is 1. The lowest BCUT2D eigenvalue weighted by atomic mass is 10.1. The van der Waals surface area contributed by atoms with Crippen LogP contribution < -0.4 is 14.8 Å². The molecule has 2 amide bonds. The molecule has 0 aliphatic carbocycles. The van der Waals surface area contributed by atoms with E-state index < -0.39 is 23.4 Å². The monoisotopic (exact) mass is 544 g/mol. The molecule has 0 aromatic heterocycles. The Hall–Kier alpha value is -3.98. The maximum absolute atomic E-state index is 13.5. The van der Waals surface area contributed by atoms with Gasteiger partial charge in [-0.1, -0.05) is 6.07 Å². The third-order valence-electron chi connectivity index (χ3n) is 5.79. The van der Waals surface area contributed by atoms with Crippen LogP contribution >= 0.6 is 11.8 Å². The molecule has 0 unspecified atom stereocenters. The lowest BCUT2D eigenvalue weighted by Crippen LogP contribution is -2.29. The van der Waals surface area contributed by atoms with E-state index in [0.29, 0.717) is 35.1 Å². The Morgan fingerprint density at radius 2 is 1.97 bits per heavy atom. The summed E-state index contributed by atoms with van der Waals surface area (Å²) in [5.74, 6) is -0.532. The molecule has 2 aromatic rings. The number of methoxy groups -OCH3 is 1. The van der Waals surface area contributed by atoms with E-state index in [1.807, 2.05) is 4.90 Å². The number of ether oxygens (including phenoxy) is 2. The van der Waals surface area contributed by atoms with Crippen molar-refractivity contribution < 1.29 is 32.2 Å². The number of likely N-dealkylation sites (tertiary alicyclic amines) is 1. The van der Waals surface area contributed by atoms with Crippen LogP contribution in [0.2, 0.25) is 0 Å². The average Bonchev–Trinajstić information content (AvgIpc) is 3.46. The minimum Gasteiger partial charge on any atom is -0.493 e. The van der Waals surface area contributed by atoms with Crippen LogP contribution in [0.4, 0.5) is 13.2 Å². The molecule has 0 radical (unpaired) electrons. The molecular formula is C26H23F3N4O4S. The van der Waals surface area contributed by atoms with Crippen LogP contribution in [0.25, 0.3) is 6.08 Å². The van der Waals surface area contributed by atoms with Crippen molar-refractivity contribution in [3.05, 3.63) is 58.0 Å². The van der Waals surface area contributed by atoms with Crippen LogP contribution in [-0.2, 0) is 15.8 Å². The maximum atomic E-state index is 13.5. The van der Waals surface area contributed by atoms with Gasteiger partial charge >= 0.3 is 6.18 Å². The molecule has 38 heavy (non-hydrogen) atoms. The van der Waals surface area contributed by atoms with Gasteiger partial charge in [-0.25, -0.2) is 0 Å². The van der Waals surface area contributed by atoms with Crippen molar-refractivity contribution in [2.24, 2.45) is 4.99 Å². The molecule has 2 aliphatic heterocycles. The van der Waals surface area contributed by atoms with E-state index in [0.717, 1.165) is 31.5 Å². The SMILES string of the molecule is COc1cc(C=C2SC(NCCCN3CCCC3=O)=NC2=O)ccc1Oc1ccc(C#N)cc1C(F)(F)F. The normalized spacial score (nSPS) is 16.6. The number of nitrogens with zero attached hydrogens (tertiary/aromatic N) is 3. The Kier molecular flexibility index (Phi) is 8.26. The van der Waals surface area contributed by atoms with Gasteiger partial charge in [-0.3, -0.25) is 9.59 Å². The van der Waals surface area contributed by atoms with Gasteiger partial charge in [0.25, 0.3) is 5.91 Å². The Morgan fingerprint density at radius 1 is 1.18 bits per heavy atom. The smallest absolute Gasteiger partial charge is 0.420 e. The number of hydrogen-bond acceptors (Lipinski definition) is 7. The van der Waals surface area contributed by atoms with Crippen molar-refractivity contribution in [1.82, 2.24) is 10.2 Å². The number of nitriles is 1. The average molecular weight is 545 g/mol. The van der Waals surface area contributed by atoms with Crippen molar-refractivity contribution in [3.63, 3.8) is 0 Å². The fourth-order valence-electron chi connectivity index (χ4n) is 3.93. The van der Waals surface area contributed by atoms with Crippen molar-refractivity contribution in [2.45, 2.75) is 25.4 Å². The van der Waals surface area contributed by atoms with E-state index in [1.54, 1.807) is 18.2 Å². The molecule has 0 saturated carbocycles. The second kappa shape index (κ2) is 11.6. The number of carbonyl (C=O) groups is 2. The van der Waals surface area contributed by atoms with Gasteiger partial charge < -0.3 is 19.7 Å². The topological polar surface area (TPSA) is 104 Å². The first-order valence-corrected chi connectivity index (χ1v) is 12.5. The lowest BCUT2D eigenvalue weighted by molar-refractivity contribution is -0.138. The highest BCUT2D eigenvalue weighted by atomic mass is 32.2. The summed E-state index contributed by atoms with van der Waals surface area (Å²) >= 11 is 1.17. The molecule has 0 bridgehead atoms. The second-order valence-electron chi connectivity index (χ2n) is 8.43. The van der Waals surface area contributed by atoms with E-state index in [1.165, 1.54) is 37.1 Å². The molecule has 1 saturated heterocycles. The van der Waals surface area contributed by atoms with Gasteiger partial charge in [0.05, 0.1) is 29.2 Å². The minimum atomic E-state index is -4.73. The molecular weight excluding hydrogens is 521 g/mol. The van der Waals surface area contributed by atoms with Crippen molar-refractivity contribution in [3.8, 4) is 23.3 Å². The summed E-state index contributed by atoms with van der Waals surface area (Å²) in [7, 11) is 1.35. The first kappa shape index (κ1) is 27.1. The lowest BCUT2D eigenvalue weighted by Gasteiger charge is -2.16. The van der Waals surface area contributed by atoms with E-state index in [2.05, 4.69) is 10.3 Å². The molecule has 2 aromatic carbocycles. The second-order valence-corrected chi connectivity index (χ2v) is 9.46. The highest BCUT2D eigenvalue weighted by molar-refractivity contribution is 8.18. The molecule has 1 N–H and O–H groups in total. The summed E-state index contributed by atoms with van der Waals surface area (Å²) in [4.78, 5) is 30.2. The molecule has 12 heteroatoms. The Bertz CT molecular complexity index is 1350. The van der Waals surface area contributed by atoms with Gasteiger partial charge in [0.2, 0.25) is 5.91 Å². The summed E-state index contributed by atoms with van der Waals surface area (Å²) in [6, 6.07) is 9.27. The predicted octanol–water partition coefficient (Wildman–Crippen LogP) is 4.95. The van der Waals surface area contributed by atoms with Gasteiger partial charge in [-0.05, 0) is 66.6 Å². The quantitative estimate of drug-likeness (QED) is 0.370. The van der Waals surface area contributed by atoms with Crippen LogP contribution in [0.1, 0.15) is 36.0 Å². The van der Waals surface area contributed by atoms with Crippen molar-refractivity contribution in [2.75, 3.05) is 26.7 Å². The number of benzene rings is 2. The van der Waals surface area contributed by atoms with Crippen LogP contribution in [-0.4, -0.2) is 48.6 Å². The summed E-state index contributed by atoms with van der Waals surface area (Å²) in [6.07, 6.45) is -0.910. The molecule has 1 fully saturated rings. The summed E-state index contributed by atoms with van der Waals surface area (Å²) < 4.78 is 51.3. The summed E-state index contributed by atoms with van der Waals surface area (Å²) in [6.45, 7) is 2.00. The number of alkyl halides is 3. The zero-order valence-corrected chi connectivity index (χ0v) is 21.1. The number of nitrogens with one attached hydrogen (secondary N) is 1. The number of rotatable bonds is 8. The zero-order chi connectivity index (χ0) is 27.3. The van der Waals surface area contributed by atoms with Gasteiger partial charge in [0, 0.05) is 26.1 Å². The number of halogens is 3. The van der Waals surface area contributed by atoms with Crippen LogP contribution in [0.5, 0.6) is 17.2 Å². The molecule has 0 spiro atoms. The van der Waals surface area contributed by atoms with Crippen molar-refractivity contribution in [1.29, 1.82) is 5.26 Å². The van der Waals surface area contributed by atoms with Gasteiger partial charge in [-0.15, -0.1) is 0 Å². The van der Waals surface area contributed by atoms with E-state index in [4.69, 9.17) is 14.7 Å². The molecule has 198 valence electrons. The fourth-order valence-corrected chi connectivity index (χ4v) is 4.77. The van der Waals surface area contributed by atoms with Crippen LogP contribution in [0, 0.1) is 11.3 Å². The number of carbonyl (C=O) groups excluding carboxylic acids is 2. The van der Waals surface area contributed by atoms with Gasteiger partial charge in [0.1, 0.15) is 5.75 Å². The third kappa shape index (κ3) is 6.47. The Balaban J connectivity index is 1.41. The number of amides is 2.